The molecule has 11 heteroatoms. The Morgan fingerprint density at radius 3 is 2.18 bits per heavy atom. The summed E-state index contributed by atoms with van der Waals surface area (Å²) >= 11 is 0. The van der Waals surface area contributed by atoms with Gasteiger partial charge >= 0.3 is 10.4 Å². The van der Waals surface area contributed by atoms with Crippen molar-refractivity contribution in [3.63, 3.8) is 0 Å². The van der Waals surface area contributed by atoms with Gasteiger partial charge in [-0.3, -0.25) is 4.55 Å². The van der Waals surface area contributed by atoms with Crippen molar-refractivity contribution in [1.29, 1.82) is 0 Å². The zero-order valence-corrected chi connectivity index (χ0v) is 8.90. The molecule has 0 heterocycles. The fourth-order valence-electron chi connectivity index (χ4n) is 0.657. The molecule has 0 bridgehead atoms. The van der Waals surface area contributed by atoms with E-state index in [1.165, 1.54) is 5.34 Å². The van der Waals surface area contributed by atoms with Crippen molar-refractivity contribution >= 4 is 16.1 Å². The molecule has 0 spiro atoms. The van der Waals surface area contributed by atoms with Crippen LogP contribution in [-0.2, 0) is 14.7 Å². The van der Waals surface area contributed by atoms with Crippen LogP contribution in [0, 0.1) is 15.0 Å². The quantitative estimate of drug-likeness (QED) is 0.351. The molecular weight excluding hydrogens is 258 g/mol. The van der Waals surface area contributed by atoms with E-state index in [9.17, 15) is 18.5 Å². The summed E-state index contributed by atoms with van der Waals surface area (Å²) in [7, 11) is -4.65. The summed E-state index contributed by atoms with van der Waals surface area (Å²) in [6.07, 6.45) is 0. The lowest BCUT2D eigenvalue weighted by atomic mass is 10.3. The molecule has 1 rings (SSSR count). The van der Waals surface area contributed by atoms with Crippen LogP contribution in [0.5, 0.6) is 0 Å². The molecule has 0 radical (unpaired) electrons. The van der Waals surface area contributed by atoms with Gasteiger partial charge in [0.2, 0.25) is 0 Å². The second kappa shape index (κ2) is 7.08. The van der Waals surface area contributed by atoms with Gasteiger partial charge in [-0.2, -0.15) is 8.42 Å². The van der Waals surface area contributed by atoms with Crippen molar-refractivity contribution in [2.75, 3.05) is 5.43 Å². The number of rotatable bonds is 4. The Morgan fingerprint density at radius 1 is 1.35 bits per heavy atom. The predicted octanol–water partition coefficient (Wildman–Crippen LogP) is 0.777. The maximum Gasteiger partial charge on any atom is 0.468 e. The molecule has 1 aromatic rings. The molecule has 0 aliphatic heterocycles. The number of nitrogens with zero attached hydrogens (tertiary/aromatic N) is 2. The third-order valence-electron chi connectivity index (χ3n) is 1.12. The highest BCUT2D eigenvalue weighted by atomic mass is 32.3. The Balaban J connectivity index is 0.000000325. The Morgan fingerprint density at radius 2 is 1.88 bits per heavy atom. The summed E-state index contributed by atoms with van der Waals surface area (Å²) in [6, 6.07) is 8.51. The fourth-order valence-corrected chi connectivity index (χ4v) is 0.733. The van der Waals surface area contributed by atoms with Gasteiger partial charge in [0.15, 0.2) is 10.4 Å². The van der Waals surface area contributed by atoms with Gasteiger partial charge in [-0.1, -0.05) is 18.2 Å². The van der Waals surface area contributed by atoms with Crippen LogP contribution in [0.3, 0.4) is 0 Å². The Bertz CT molecular complexity index is 460. The van der Waals surface area contributed by atoms with Crippen molar-refractivity contribution in [2.24, 2.45) is 5.34 Å². The molecule has 10 nitrogen and oxygen atoms in total. The topological polar surface area (TPSA) is 148 Å². The minimum atomic E-state index is -4.65. The first-order valence-electron chi connectivity index (χ1n) is 3.80. The van der Waals surface area contributed by atoms with Gasteiger partial charge in [0, 0.05) is 0 Å². The molecule has 1 aromatic carbocycles. The molecule has 94 valence electrons. The van der Waals surface area contributed by atoms with Gasteiger partial charge < -0.3 is 0 Å². The highest BCUT2D eigenvalue weighted by Gasteiger charge is 2.01. The SMILES string of the molecule is O=NOS(=O)(=O)O.O=[N+]([O-])Nc1ccccc1. The zero-order chi connectivity index (χ0) is 13.3. The molecule has 0 atom stereocenters. The van der Waals surface area contributed by atoms with E-state index in [4.69, 9.17) is 9.46 Å². The maximum atomic E-state index is 9.86. The van der Waals surface area contributed by atoms with Crippen LogP contribution < -0.4 is 5.43 Å². The monoisotopic (exact) mass is 265 g/mol. The molecule has 0 unspecified atom stereocenters. The predicted molar refractivity (Wildman–Crippen MR) is 55.5 cm³/mol. The lowest BCUT2D eigenvalue weighted by Crippen LogP contribution is -2.06. The first-order valence-corrected chi connectivity index (χ1v) is 5.16. The van der Waals surface area contributed by atoms with Gasteiger partial charge in [0.25, 0.3) is 0 Å². The van der Waals surface area contributed by atoms with Gasteiger partial charge in [-0.25, -0.2) is 14.4 Å². The molecule has 0 amide bonds. The number of hydrazine groups is 1. The fraction of sp³-hybridized carbons (Fsp3) is 0. The maximum absolute atomic E-state index is 9.86. The van der Waals surface area contributed by atoms with Crippen LogP contribution in [0.15, 0.2) is 35.7 Å². The van der Waals surface area contributed by atoms with Crippen LogP contribution in [0.4, 0.5) is 5.69 Å². The molecule has 0 saturated carbocycles. The minimum absolute atomic E-state index is 0.493. The summed E-state index contributed by atoms with van der Waals surface area (Å²) in [6.45, 7) is 0. The van der Waals surface area contributed by atoms with Gasteiger partial charge in [-0.05, 0) is 12.1 Å². The van der Waals surface area contributed by atoms with E-state index in [-0.39, 0.29) is 0 Å². The van der Waals surface area contributed by atoms with E-state index in [0.29, 0.717) is 5.69 Å². The highest BCUT2D eigenvalue weighted by Crippen LogP contribution is 2.03. The number of nitro groups is 1. The molecule has 2 N–H and O–H groups in total. The van der Waals surface area contributed by atoms with E-state index >= 15 is 0 Å². The lowest BCUT2D eigenvalue weighted by Gasteiger charge is -1.93. The average molecular weight is 265 g/mol. The van der Waals surface area contributed by atoms with Gasteiger partial charge in [-0.15, -0.1) is 10.3 Å². The second-order valence-electron chi connectivity index (χ2n) is 2.31. The van der Waals surface area contributed by atoms with Gasteiger partial charge in [0.05, 0.1) is 0 Å². The number of hydrogen-bond acceptors (Lipinski definition) is 7. The number of benzene rings is 1. The number of nitrogens with one attached hydrogen (secondary N) is 1. The van der Waals surface area contributed by atoms with E-state index in [1.54, 1.807) is 30.3 Å². The molecule has 0 aliphatic rings. The average Bonchev–Trinajstić information content (AvgIpc) is 2.17. The third-order valence-corrected chi connectivity index (χ3v) is 1.37. The van der Waals surface area contributed by atoms with Crippen LogP contribution in [0.2, 0.25) is 0 Å². The minimum Gasteiger partial charge on any atom is -0.253 e. The standard InChI is InChI=1S/C6H6N2O2.HNO5S/c9-8(10)7-6-4-2-1-3-5-6;2-1-6-7(3,4)5/h1-5,7H;(H,3,4,5). The summed E-state index contributed by atoms with van der Waals surface area (Å²) in [5, 5.41) is 10.7. The lowest BCUT2D eigenvalue weighted by molar-refractivity contribution is -0.445. The third kappa shape index (κ3) is 10.0. The van der Waals surface area contributed by atoms with Crippen LogP contribution >= 0.6 is 0 Å². The Kier molecular flexibility index (Phi) is 6.13. The van der Waals surface area contributed by atoms with Crippen molar-refractivity contribution in [3.8, 4) is 0 Å². The molecule has 0 aromatic heterocycles. The zero-order valence-electron chi connectivity index (χ0n) is 8.09. The largest absolute Gasteiger partial charge is 0.468 e. The molecule has 0 saturated heterocycles. The normalized spacial score (nSPS) is 9.47. The second-order valence-corrected chi connectivity index (χ2v) is 3.32. The first kappa shape index (κ1) is 14.7. The summed E-state index contributed by atoms with van der Waals surface area (Å²) in [5.41, 5.74) is 2.52. The smallest absolute Gasteiger partial charge is 0.253 e. The number of hydrogen-bond donors (Lipinski definition) is 2. The first-order chi connectivity index (χ1) is 7.85. The highest BCUT2D eigenvalue weighted by molar-refractivity contribution is 7.80. The van der Waals surface area contributed by atoms with E-state index in [1.807, 2.05) is 5.43 Å². The van der Waals surface area contributed by atoms with Crippen molar-refractivity contribution in [2.45, 2.75) is 0 Å². The Hall–Kier alpha value is -2.27. The van der Waals surface area contributed by atoms with Crippen LogP contribution in [-0.4, -0.2) is 18.0 Å². The van der Waals surface area contributed by atoms with Crippen molar-refractivity contribution < 1.29 is 22.3 Å². The molecule has 0 aliphatic carbocycles. The van der Waals surface area contributed by atoms with E-state index < -0.39 is 15.4 Å². The number of anilines is 1. The molecule has 17 heavy (non-hydrogen) atoms. The van der Waals surface area contributed by atoms with Crippen LogP contribution in [0.1, 0.15) is 0 Å². The van der Waals surface area contributed by atoms with Crippen molar-refractivity contribution in [3.05, 3.63) is 45.4 Å². The summed E-state index contributed by atoms with van der Waals surface area (Å²) in [4.78, 5) is 18.7. The van der Waals surface area contributed by atoms with Crippen LogP contribution in [0.25, 0.3) is 0 Å². The number of para-hydroxylation sites is 1. The van der Waals surface area contributed by atoms with E-state index in [0.717, 1.165) is 0 Å². The van der Waals surface area contributed by atoms with Gasteiger partial charge in [0.1, 0.15) is 5.69 Å². The van der Waals surface area contributed by atoms with Crippen molar-refractivity contribution in [1.82, 2.24) is 0 Å². The Labute approximate surface area is 95.2 Å². The summed E-state index contributed by atoms with van der Waals surface area (Å²) in [5.74, 6) is 0. The van der Waals surface area contributed by atoms with E-state index in [2.05, 4.69) is 4.28 Å². The summed E-state index contributed by atoms with van der Waals surface area (Å²) < 4.78 is 28.8. The molecular formula is C6H7N3O7S. The molecule has 0 fully saturated rings.